The molecule has 0 spiro atoms. The number of nitrogens with zero attached hydrogens (tertiary/aromatic N) is 2. The largest absolute Gasteiger partial charge is 0.399 e. The van der Waals surface area contributed by atoms with E-state index in [9.17, 15) is 4.79 Å². The molecule has 3 N–H and O–H groups in total. The Hall–Kier alpha value is -1.95. The Labute approximate surface area is 109 Å². The van der Waals surface area contributed by atoms with Gasteiger partial charge in [-0.05, 0) is 31.5 Å². The van der Waals surface area contributed by atoms with Gasteiger partial charge in [-0.15, -0.1) is 10.2 Å². The van der Waals surface area contributed by atoms with Gasteiger partial charge in [-0.1, -0.05) is 23.5 Å². The number of aromatic nitrogens is 2. The minimum absolute atomic E-state index is 0.121. The van der Waals surface area contributed by atoms with Gasteiger partial charge in [0.2, 0.25) is 11.0 Å². The zero-order chi connectivity index (χ0) is 13.2. The number of anilines is 2. The molecule has 0 fully saturated rings. The van der Waals surface area contributed by atoms with Crippen molar-refractivity contribution < 1.29 is 4.79 Å². The molecule has 1 heterocycles. The third-order valence-corrected chi connectivity index (χ3v) is 3.39. The lowest BCUT2D eigenvalue weighted by atomic mass is 9.83. The molecule has 0 atom stereocenters. The van der Waals surface area contributed by atoms with Crippen molar-refractivity contribution in [1.29, 1.82) is 0 Å². The van der Waals surface area contributed by atoms with E-state index in [1.54, 1.807) is 17.6 Å². The van der Waals surface area contributed by atoms with Crippen molar-refractivity contribution in [2.45, 2.75) is 19.3 Å². The topological polar surface area (TPSA) is 80.9 Å². The molecule has 0 aliphatic carbocycles. The van der Waals surface area contributed by atoms with Gasteiger partial charge in [-0.3, -0.25) is 10.1 Å². The van der Waals surface area contributed by atoms with Gasteiger partial charge in [0.05, 0.1) is 5.41 Å². The monoisotopic (exact) mass is 262 g/mol. The maximum atomic E-state index is 12.2. The summed E-state index contributed by atoms with van der Waals surface area (Å²) in [4.78, 5) is 12.2. The maximum Gasteiger partial charge on any atom is 0.236 e. The molecular formula is C12H14N4OS. The number of rotatable bonds is 3. The Balaban J connectivity index is 2.19. The summed E-state index contributed by atoms with van der Waals surface area (Å²) in [6.45, 7) is 3.71. The van der Waals surface area contributed by atoms with Crippen LogP contribution >= 0.6 is 11.3 Å². The van der Waals surface area contributed by atoms with Crippen molar-refractivity contribution >= 4 is 28.1 Å². The van der Waals surface area contributed by atoms with Crippen LogP contribution in [0.15, 0.2) is 29.8 Å². The van der Waals surface area contributed by atoms with Crippen LogP contribution in [0.3, 0.4) is 0 Å². The number of nitrogen functional groups attached to an aromatic ring is 1. The molecule has 1 amide bonds. The van der Waals surface area contributed by atoms with Crippen LogP contribution in [0.2, 0.25) is 0 Å². The number of carbonyl (C=O) groups is 1. The average Bonchev–Trinajstić information content (AvgIpc) is 2.82. The highest BCUT2D eigenvalue weighted by molar-refractivity contribution is 7.13. The van der Waals surface area contributed by atoms with Gasteiger partial charge in [-0.25, -0.2) is 0 Å². The smallest absolute Gasteiger partial charge is 0.236 e. The molecule has 0 aliphatic rings. The van der Waals surface area contributed by atoms with Gasteiger partial charge in [0.25, 0.3) is 0 Å². The minimum Gasteiger partial charge on any atom is -0.399 e. The molecule has 6 heteroatoms. The van der Waals surface area contributed by atoms with Crippen molar-refractivity contribution in [3.63, 3.8) is 0 Å². The average molecular weight is 262 g/mol. The van der Waals surface area contributed by atoms with E-state index in [1.807, 2.05) is 26.0 Å². The number of nitrogens with one attached hydrogen (secondary N) is 1. The summed E-state index contributed by atoms with van der Waals surface area (Å²) >= 11 is 1.29. The van der Waals surface area contributed by atoms with Gasteiger partial charge in [-0.2, -0.15) is 0 Å². The van der Waals surface area contributed by atoms with Gasteiger partial charge >= 0.3 is 0 Å². The predicted octanol–water partition coefficient (Wildman–Crippen LogP) is 2.04. The first kappa shape index (κ1) is 12.5. The lowest BCUT2D eigenvalue weighted by Gasteiger charge is -2.23. The fraction of sp³-hybridized carbons (Fsp3) is 0.250. The van der Waals surface area contributed by atoms with Crippen LogP contribution in [0, 0.1) is 0 Å². The number of benzene rings is 1. The van der Waals surface area contributed by atoms with Crippen molar-refractivity contribution in [1.82, 2.24) is 10.2 Å². The lowest BCUT2D eigenvalue weighted by Crippen LogP contribution is -2.34. The first-order valence-corrected chi connectivity index (χ1v) is 6.32. The van der Waals surface area contributed by atoms with Crippen molar-refractivity contribution in [2.75, 3.05) is 11.1 Å². The standard InChI is InChI=1S/C12H14N4OS/c1-12(2,8-3-5-9(13)6-4-8)10(17)15-11-16-14-7-18-11/h3-7H,13H2,1-2H3,(H,15,16,17). The summed E-state index contributed by atoms with van der Waals surface area (Å²) in [5.41, 5.74) is 8.14. The molecule has 5 nitrogen and oxygen atoms in total. The van der Waals surface area contributed by atoms with E-state index < -0.39 is 5.41 Å². The maximum absolute atomic E-state index is 12.2. The van der Waals surface area contributed by atoms with Crippen LogP contribution in [0.1, 0.15) is 19.4 Å². The summed E-state index contributed by atoms with van der Waals surface area (Å²) in [7, 11) is 0. The van der Waals surface area contributed by atoms with E-state index in [-0.39, 0.29) is 5.91 Å². The second kappa shape index (κ2) is 4.73. The quantitative estimate of drug-likeness (QED) is 0.829. The normalized spacial score (nSPS) is 11.2. The van der Waals surface area contributed by atoms with Crippen molar-refractivity contribution in [3.05, 3.63) is 35.3 Å². The first-order valence-electron chi connectivity index (χ1n) is 5.44. The van der Waals surface area contributed by atoms with Gasteiger partial charge in [0.1, 0.15) is 5.51 Å². The van der Waals surface area contributed by atoms with Crippen LogP contribution in [0.5, 0.6) is 0 Å². The molecule has 1 aromatic heterocycles. The zero-order valence-electron chi connectivity index (χ0n) is 10.2. The van der Waals surface area contributed by atoms with E-state index in [0.717, 1.165) is 5.56 Å². The molecule has 1 aromatic carbocycles. The van der Waals surface area contributed by atoms with E-state index in [4.69, 9.17) is 5.73 Å². The van der Waals surface area contributed by atoms with E-state index in [2.05, 4.69) is 15.5 Å². The van der Waals surface area contributed by atoms with Crippen LogP contribution < -0.4 is 11.1 Å². The molecule has 94 valence electrons. The molecule has 0 saturated carbocycles. The lowest BCUT2D eigenvalue weighted by molar-refractivity contribution is -0.120. The number of hydrogen-bond acceptors (Lipinski definition) is 5. The summed E-state index contributed by atoms with van der Waals surface area (Å²) in [6, 6.07) is 7.29. The molecular weight excluding hydrogens is 248 g/mol. The summed E-state index contributed by atoms with van der Waals surface area (Å²) in [5.74, 6) is -0.121. The van der Waals surface area contributed by atoms with E-state index in [1.165, 1.54) is 11.3 Å². The SMILES string of the molecule is CC(C)(C(=O)Nc1nncs1)c1ccc(N)cc1. The van der Waals surface area contributed by atoms with Gasteiger partial charge in [0, 0.05) is 5.69 Å². The zero-order valence-corrected chi connectivity index (χ0v) is 11.0. The van der Waals surface area contributed by atoms with Crippen LogP contribution in [0.4, 0.5) is 10.8 Å². The highest BCUT2D eigenvalue weighted by Crippen LogP contribution is 2.26. The third-order valence-electron chi connectivity index (χ3n) is 2.78. The Morgan fingerprint density at radius 1 is 1.33 bits per heavy atom. The summed E-state index contributed by atoms with van der Waals surface area (Å²) < 4.78 is 0. The fourth-order valence-electron chi connectivity index (χ4n) is 1.51. The van der Waals surface area contributed by atoms with Gasteiger partial charge in [0.15, 0.2) is 0 Å². The number of nitrogens with two attached hydrogens (primary N) is 1. The predicted molar refractivity (Wildman–Crippen MR) is 72.4 cm³/mol. The number of carbonyl (C=O) groups excluding carboxylic acids is 1. The Morgan fingerprint density at radius 2 is 2.00 bits per heavy atom. The Morgan fingerprint density at radius 3 is 2.56 bits per heavy atom. The Kier molecular flexibility index (Phi) is 3.29. The van der Waals surface area contributed by atoms with Crippen LogP contribution in [-0.2, 0) is 10.2 Å². The summed E-state index contributed by atoms with van der Waals surface area (Å²) in [5, 5.41) is 10.7. The highest BCUT2D eigenvalue weighted by Gasteiger charge is 2.30. The molecule has 0 unspecified atom stereocenters. The van der Waals surface area contributed by atoms with Crippen molar-refractivity contribution in [3.8, 4) is 0 Å². The third kappa shape index (κ3) is 2.48. The second-order valence-corrected chi connectivity index (χ2v) is 5.28. The summed E-state index contributed by atoms with van der Waals surface area (Å²) in [6.07, 6.45) is 0. The first-order chi connectivity index (χ1) is 8.50. The molecule has 0 aliphatic heterocycles. The molecule has 2 aromatic rings. The van der Waals surface area contributed by atoms with E-state index in [0.29, 0.717) is 10.8 Å². The minimum atomic E-state index is -0.653. The number of hydrogen-bond donors (Lipinski definition) is 2. The van der Waals surface area contributed by atoms with E-state index >= 15 is 0 Å². The highest BCUT2D eigenvalue weighted by atomic mass is 32.1. The molecule has 0 bridgehead atoms. The molecule has 0 radical (unpaired) electrons. The number of amides is 1. The van der Waals surface area contributed by atoms with Crippen LogP contribution in [-0.4, -0.2) is 16.1 Å². The second-order valence-electron chi connectivity index (χ2n) is 4.45. The molecule has 0 saturated heterocycles. The van der Waals surface area contributed by atoms with Crippen LogP contribution in [0.25, 0.3) is 0 Å². The Bertz CT molecular complexity index is 534. The molecule has 18 heavy (non-hydrogen) atoms. The fourth-order valence-corrected chi connectivity index (χ4v) is 1.95. The van der Waals surface area contributed by atoms with Gasteiger partial charge < -0.3 is 5.73 Å². The van der Waals surface area contributed by atoms with Crippen molar-refractivity contribution in [2.24, 2.45) is 0 Å². The molecule has 2 rings (SSSR count).